The SMILES string of the molecule is O=[N+]([O-])O.O=[N+]([O-])[O-].[Cu+]. The van der Waals surface area contributed by atoms with Crippen molar-refractivity contribution in [2.75, 3.05) is 0 Å². The van der Waals surface area contributed by atoms with Crippen LogP contribution in [0.4, 0.5) is 0 Å². The van der Waals surface area contributed by atoms with Crippen LogP contribution < -0.4 is 0 Å². The predicted octanol–water partition coefficient (Wildman–Crippen LogP) is -0.589. The first kappa shape index (κ1) is 15.7. The Balaban J connectivity index is -0.0000000720. The Morgan fingerprint density at radius 3 is 1.11 bits per heavy atom. The molecule has 9 heteroatoms. The number of nitrogens with zero attached hydrogens (tertiary/aromatic N) is 2. The Morgan fingerprint density at radius 1 is 1.11 bits per heavy atom. The summed E-state index contributed by atoms with van der Waals surface area (Å²) in [4.78, 5) is 16.6. The normalized spacial score (nSPS) is 5.33. The third-order valence-electron chi connectivity index (χ3n) is 0. The smallest absolute Gasteiger partial charge is 0.356 e. The van der Waals surface area contributed by atoms with Gasteiger partial charge in [-0.3, -0.25) is 0 Å². The second kappa shape index (κ2) is 10.0. The van der Waals surface area contributed by atoms with Gasteiger partial charge in [0.15, 0.2) is 0 Å². The Hall–Kier alpha value is -1.08. The van der Waals surface area contributed by atoms with E-state index in [9.17, 15) is 0 Å². The van der Waals surface area contributed by atoms with Gasteiger partial charge in [0.05, 0.1) is 5.09 Å². The standard InChI is InChI=1S/Cu.HNO3.NO3/c;2*2-1(3)4/h;(H,2,3,4);/q+1;;-1. The molecule has 0 heterocycles. The van der Waals surface area contributed by atoms with E-state index in [0.29, 0.717) is 0 Å². The van der Waals surface area contributed by atoms with Crippen LogP contribution in [-0.4, -0.2) is 15.4 Å². The molecule has 0 saturated carbocycles. The Kier molecular flexibility index (Phi) is 17.4. The van der Waals surface area contributed by atoms with E-state index in [-0.39, 0.29) is 17.1 Å². The fraction of sp³-hybridized carbons (Fsp3) is 0. The summed E-state index contributed by atoms with van der Waals surface area (Å²) in [6.07, 6.45) is 0. The zero-order valence-electron chi connectivity index (χ0n) is 3.68. The molecule has 1 N–H and O–H groups in total. The van der Waals surface area contributed by atoms with Crippen LogP contribution in [0.2, 0.25) is 0 Å². The van der Waals surface area contributed by atoms with Crippen molar-refractivity contribution in [1.82, 2.24) is 0 Å². The van der Waals surface area contributed by atoms with Gasteiger partial charge in [0.1, 0.15) is 0 Å². The maximum atomic E-state index is 8.36. The van der Waals surface area contributed by atoms with E-state index in [0.717, 1.165) is 0 Å². The van der Waals surface area contributed by atoms with Crippen molar-refractivity contribution in [2.45, 2.75) is 0 Å². The molecule has 0 unspecified atom stereocenters. The number of rotatable bonds is 0. The molecular weight excluding hydrogens is 188 g/mol. The summed E-state index contributed by atoms with van der Waals surface area (Å²) in [5.41, 5.74) is 0. The van der Waals surface area contributed by atoms with Crippen molar-refractivity contribution in [2.24, 2.45) is 0 Å². The summed E-state index contributed by atoms with van der Waals surface area (Å²) in [6.45, 7) is 0. The van der Waals surface area contributed by atoms with E-state index in [1.54, 1.807) is 0 Å². The number of hydrogen-bond donors (Lipinski definition) is 1. The minimum atomic E-state index is -1.75. The average Bonchev–Trinajstić information content (AvgIpc) is 1.25. The molecule has 0 spiro atoms. The van der Waals surface area contributed by atoms with Crippen LogP contribution in [0, 0.1) is 25.4 Å². The maximum Gasteiger partial charge on any atom is 1.00 e. The predicted molar refractivity (Wildman–Crippen MR) is 19.1 cm³/mol. The zero-order valence-corrected chi connectivity index (χ0v) is 4.63. The fourth-order valence-corrected chi connectivity index (χ4v) is 0. The first-order valence-electron chi connectivity index (χ1n) is 1.11. The van der Waals surface area contributed by atoms with Crippen molar-refractivity contribution >= 4 is 0 Å². The molecule has 0 aromatic heterocycles. The van der Waals surface area contributed by atoms with Crippen LogP contribution in [0.5, 0.6) is 0 Å². The molecule has 0 amide bonds. The summed E-state index contributed by atoms with van der Waals surface area (Å²) in [5, 5.41) is 28.4. The van der Waals surface area contributed by atoms with Gasteiger partial charge >= 0.3 is 17.1 Å². The van der Waals surface area contributed by atoms with Crippen LogP contribution >= 0.6 is 0 Å². The largest absolute Gasteiger partial charge is 1.00 e. The van der Waals surface area contributed by atoms with E-state index in [4.69, 9.17) is 30.6 Å². The summed E-state index contributed by atoms with van der Waals surface area (Å²) >= 11 is 0. The van der Waals surface area contributed by atoms with Gasteiger partial charge < -0.3 is 20.5 Å². The summed E-state index contributed by atoms with van der Waals surface area (Å²) in [7, 11) is 0. The Morgan fingerprint density at radius 2 is 1.11 bits per heavy atom. The molecule has 0 aromatic rings. The van der Waals surface area contributed by atoms with Crippen LogP contribution in [0.3, 0.4) is 0 Å². The van der Waals surface area contributed by atoms with Crippen LogP contribution in [0.25, 0.3) is 0 Å². The van der Waals surface area contributed by atoms with Crippen LogP contribution in [0.1, 0.15) is 0 Å². The van der Waals surface area contributed by atoms with Gasteiger partial charge in [-0.25, -0.2) is 0 Å². The Bertz CT molecular complexity index is 69.1. The third-order valence-corrected chi connectivity index (χ3v) is 0. The van der Waals surface area contributed by atoms with Gasteiger partial charge in [-0.2, -0.15) is 0 Å². The number of hydrogen-bond acceptors (Lipinski definition) is 5. The molecule has 9 heavy (non-hydrogen) atoms. The zero-order chi connectivity index (χ0) is 7.15. The summed E-state index contributed by atoms with van der Waals surface area (Å²) in [5.74, 6) is 0. The molecule has 0 bridgehead atoms. The molecule has 0 radical (unpaired) electrons. The van der Waals surface area contributed by atoms with Crippen LogP contribution in [-0.2, 0) is 17.1 Å². The van der Waals surface area contributed by atoms with E-state index in [2.05, 4.69) is 0 Å². The monoisotopic (exact) mass is 188 g/mol. The minimum Gasteiger partial charge on any atom is -0.356 e. The molecule has 58 valence electrons. The topological polar surface area (TPSA) is 130 Å². The van der Waals surface area contributed by atoms with Gasteiger partial charge in [0.25, 0.3) is 5.09 Å². The molecule has 0 fully saturated rings. The van der Waals surface area contributed by atoms with Gasteiger partial charge in [0, 0.05) is 0 Å². The quantitative estimate of drug-likeness (QED) is 0.307. The second-order valence-electron chi connectivity index (χ2n) is 0.461. The average molecular weight is 189 g/mol. The first-order chi connectivity index (χ1) is 3.46. The minimum absolute atomic E-state index is 0. The summed E-state index contributed by atoms with van der Waals surface area (Å²) in [6, 6.07) is 0. The van der Waals surface area contributed by atoms with E-state index in [1.165, 1.54) is 0 Å². The molecule has 0 aliphatic carbocycles. The maximum absolute atomic E-state index is 8.36. The van der Waals surface area contributed by atoms with Crippen molar-refractivity contribution in [3.05, 3.63) is 25.4 Å². The van der Waals surface area contributed by atoms with Gasteiger partial charge in [-0.1, -0.05) is 0 Å². The molecule has 0 atom stereocenters. The molecular formula is HCuN2O6. The third kappa shape index (κ3) is 143. The summed E-state index contributed by atoms with van der Waals surface area (Å²) < 4.78 is 0. The van der Waals surface area contributed by atoms with Gasteiger partial charge in [-0.15, -0.1) is 10.1 Å². The van der Waals surface area contributed by atoms with Crippen molar-refractivity contribution in [3.8, 4) is 0 Å². The van der Waals surface area contributed by atoms with Crippen molar-refractivity contribution in [1.29, 1.82) is 0 Å². The van der Waals surface area contributed by atoms with Crippen LogP contribution in [0.15, 0.2) is 0 Å². The van der Waals surface area contributed by atoms with Gasteiger partial charge in [0.2, 0.25) is 0 Å². The van der Waals surface area contributed by atoms with Crippen molar-refractivity contribution < 1.29 is 32.4 Å². The van der Waals surface area contributed by atoms with E-state index in [1.807, 2.05) is 0 Å². The molecule has 0 rings (SSSR count). The molecule has 0 aliphatic rings. The second-order valence-corrected chi connectivity index (χ2v) is 0.461. The molecule has 8 nitrogen and oxygen atoms in total. The van der Waals surface area contributed by atoms with E-state index >= 15 is 0 Å². The molecule has 0 aromatic carbocycles. The molecule has 0 aliphatic heterocycles. The Labute approximate surface area is 58.8 Å². The van der Waals surface area contributed by atoms with Gasteiger partial charge in [-0.05, 0) is 0 Å². The fourth-order valence-electron chi connectivity index (χ4n) is 0. The first-order valence-corrected chi connectivity index (χ1v) is 1.11. The van der Waals surface area contributed by atoms with E-state index < -0.39 is 10.2 Å². The van der Waals surface area contributed by atoms with Crippen molar-refractivity contribution in [3.63, 3.8) is 0 Å². The molecule has 0 saturated heterocycles.